The molecule has 2 N–H and O–H groups in total. The summed E-state index contributed by atoms with van der Waals surface area (Å²) >= 11 is 0. The maximum absolute atomic E-state index is 12.7. The standard InChI is InChI=1S/C20H20N2O5/c1-12-18(14-6-3-4-7-15(14)22-12)19(24)13(2)27-17(23)9-10-21-20(25)16-8-5-11-26-16/h3-8,11,13,22H,9-10H2,1-2H3,(H,21,25)/t13-/m0/s1. The van der Waals surface area contributed by atoms with Crippen LogP contribution < -0.4 is 5.32 Å². The maximum Gasteiger partial charge on any atom is 0.308 e. The van der Waals surface area contributed by atoms with Crippen molar-refractivity contribution in [3.8, 4) is 0 Å². The van der Waals surface area contributed by atoms with Crippen molar-refractivity contribution >= 4 is 28.6 Å². The predicted octanol–water partition coefficient (Wildman–Crippen LogP) is 3.00. The number of H-pyrrole nitrogens is 1. The smallest absolute Gasteiger partial charge is 0.308 e. The molecule has 1 aromatic carbocycles. The summed E-state index contributed by atoms with van der Waals surface area (Å²) < 4.78 is 10.2. The molecular formula is C20H20N2O5. The van der Waals surface area contributed by atoms with Gasteiger partial charge in [-0.2, -0.15) is 0 Å². The zero-order valence-corrected chi connectivity index (χ0v) is 15.1. The number of aromatic amines is 1. The summed E-state index contributed by atoms with van der Waals surface area (Å²) in [6, 6.07) is 10.6. The molecule has 0 bridgehead atoms. The van der Waals surface area contributed by atoms with Crippen LogP contribution in [0.1, 0.15) is 40.0 Å². The van der Waals surface area contributed by atoms with Crippen molar-refractivity contribution in [2.45, 2.75) is 26.4 Å². The summed E-state index contributed by atoms with van der Waals surface area (Å²) in [4.78, 5) is 39.6. The van der Waals surface area contributed by atoms with Crippen LogP contribution in [0.5, 0.6) is 0 Å². The highest BCUT2D eigenvalue weighted by atomic mass is 16.5. The number of Topliss-reactive ketones (excluding diaryl/α,β-unsaturated/α-hetero) is 1. The molecule has 3 aromatic rings. The largest absolute Gasteiger partial charge is 0.459 e. The second kappa shape index (κ2) is 7.90. The van der Waals surface area contributed by atoms with Crippen LogP contribution in [0.2, 0.25) is 0 Å². The van der Waals surface area contributed by atoms with Crippen molar-refractivity contribution in [3.05, 3.63) is 59.7 Å². The summed E-state index contributed by atoms with van der Waals surface area (Å²) in [5, 5.41) is 3.36. The summed E-state index contributed by atoms with van der Waals surface area (Å²) in [5.41, 5.74) is 2.12. The molecule has 0 aliphatic heterocycles. The Morgan fingerprint density at radius 3 is 2.70 bits per heavy atom. The monoisotopic (exact) mass is 368 g/mol. The van der Waals surface area contributed by atoms with Gasteiger partial charge in [0.15, 0.2) is 11.9 Å². The molecule has 140 valence electrons. The van der Waals surface area contributed by atoms with Gasteiger partial charge in [0.25, 0.3) is 5.91 Å². The number of ketones is 1. The molecule has 7 nitrogen and oxygen atoms in total. The lowest BCUT2D eigenvalue weighted by Crippen LogP contribution is -2.29. The number of aromatic nitrogens is 1. The molecule has 0 spiro atoms. The normalized spacial score (nSPS) is 11.9. The second-order valence-corrected chi connectivity index (χ2v) is 6.15. The Labute approximate surface area is 155 Å². The number of hydrogen-bond donors (Lipinski definition) is 2. The fourth-order valence-corrected chi connectivity index (χ4v) is 2.88. The number of esters is 1. The number of nitrogens with one attached hydrogen (secondary N) is 2. The van der Waals surface area contributed by atoms with Crippen LogP contribution in [0.25, 0.3) is 10.9 Å². The number of rotatable bonds is 7. The maximum atomic E-state index is 12.7. The summed E-state index contributed by atoms with van der Waals surface area (Å²) in [6.07, 6.45) is 0.427. The van der Waals surface area contributed by atoms with Crippen LogP contribution in [-0.2, 0) is 9.53 Å². The van der Waals surface area contributed by atoms with E-state index in [0.29, 0.717) is 5.56 Å². The molecule has 0 radical (unpaired) electrons. The number of aryl methyl sites for hydroxylation is 1. The van der Waals surface area contributed by atoms with Gasteiger partial charge in [-0.15, -0.1) is 0 Å². The number of fused-ring (bicyclic) bond motifs is 1. The van der Waals surface area contributed by atoms with E-state index >= 15 is 0 Å². The number of para-hydroxylation sites is 1. The van der Waals surface area contributed by atoms with E-state index in [1.807, 2.05) is 31.2 Å². The quantitative estimate of drug-likeness (QED) is 0.493. The lowest BCUT2D eigenvalue weighted by molar-refractivity contribution is -0.146. The number of carbonyl (C=O) groups excluding carboxylic acids is 3. The van der Waals surface area contributed by atoms with Gasteiger partial charge in [-0.05, 0) is 32.0 Å². The van der Waals surface area contributed by atoms with E-state index in [1.165, 1.54) is 12.3 Å². The van der Waals surface area contributed by atoms with Crippen molar-refractivity contribution in [2.75, 3.05) is 6.54 Å². The molecular weight excluding hydrogens is 348 g/mol. The Kier molecular flexibility index (Phi) is 5.40. The number of carbonyl (C=O) groups is 3. The van der Waals surface area contributed by atoms with Crippen molar-refractivity contribution in [1.29, 1.82) is 0 Å². The lowest BCUT2D eigenvalue weighted by Gasteiger charge is -2.13. The average molecular weight is 368 g/mol. The molecule has 0 unspecified atom stereocenters. The minimum Gasteiger partial charge on any atom is -0.459 e. The first-order valence-corrected chi connectivity index (χ1v) is 8.60. The highest BCUT2D eigenvalue weighted by Gasteiger charge is 2.24. The van der Waals surface area contributed by atoms with Gasteiger partial charge in [-0.3, -0.25) is 14.4 Å². The van der Waals surface area contributed by atoms with E-state index in [-0.39, 0.29) is 24.5 Å². The molecule has 0 saturated heterocycles. The van der Waals surface area contributed by atoms with E-state index in [4.69, 9.17) is 9.15 Å². The Bertz CT molecular complexity index is 972. The number of benzene rings is 1. The summed E-state index contributed by atoms with van der Waals surface area (Å²) in [7, 11) is 0. The SMILES string of the molecule is Cc1[nH]c2ccccc2c1C(=O)[C@H](C)OC(=O)CCNC(=O)c1ccco1. The minimum atomic E-state index is -0.920. The fraction of sp³-hybridized carbons (Fsp3) is 0.250. The average Bonchev–Trinajstić information content (AvgIpc) is 3.28. The van der Waals surface area contributed by atoms with E-state index in [0.717, 1.165) is 16.6 Å². The van der Waals surface area contributed by atoms with Crippen molar-refractivity contribution in [1.82, 2.24) is 10.3 Å². The summed E-state index contributed by atoms with van der Waals surface area (Å²) in [6.45, 7) is 3.44. The number of hydrogen-bond acceptors (Lipinski definition) is 5. The Morgan fingerprint density at radius 2 is 1.96 bits per heavy atom. The van der Waals surface area contributed by atoms with Gasteiger partial charge < -0.3 is 19.5 Å². The molecule has 0 saturated carbocycles. The Hall–Kier alpha value is -3.35. The van der Waals surface area contributed by atoms with Crippen LogP contribution in [0.4, 0.5) is 0 Å². The fourth-order valence-electron chi connectivity index (χ4n) is 2.88. The highest BCUT2D eigenvalue weighted by molar-refractivity contribution is 6.11. The zero-order chi connectivity index (χ0) is 19.4. The molecule has 2 heterocycles. The predicted molar refractivity (Wildman–Crippen MR) is 98.6 cm³/mol. The van der Waals surface area contributed by atoms with Crippen LogP contribution in [-0.4, -0.2) is 35.3 Å². The highest BCUT2D eigenvalue weighted by Crippen LogP contribution is 2.23. The van der Waals surface area contributed by atoms with Gasteiger partial charge in [-0.1, -0.05) is 18.2 Å². The number of amides is 1. The van der Waals surface area contributed by atoms with Crippen LogP contribution >= 0.6 is 0 Å². The van der Waals surface area contributed by atoms with Crippen molar-refractivity contribution in [3.63, 3.8) is 0 Å². The Morgan fingerprint density at radius 1 is 1.19 bits per heavy atom. The molecule has 3 rings (SSSR count). The number of furan rings is 1. The van der Waals surface area contributed by atoms with E-state index < -0.39 is 18.0 Å². The first-order chi connectivity index (χ1) is 13.0. The molecule has 0 aliphatic rings. The molecule has 2 aromatic heterocycles. The molecule has 0 fully saturated rings. The topological polar surface area (TPSA) is 101 Å². The third-order valence-corrected chi connectivity index (χ3v) is 4.18. The second-order valence-electron chi connectivity index (χ2n) is 6.15. The van der Waals surface area contributed by atoms with Crippen LogP contribution in [0.15, 0.2) is 47.1 Å². The summed E-state index contributed by atoms with van der Waals surface area (Å²) in [5.74, 6) is -1.07. The molecule has 27 heavy (non-hydrogen) atoms. The molecule has 1 atom stereocenters. The van der Waals surface area contributed by atoms with Gasteiger partial charge >= 0.3 is 5.97 Å². The van der Waals surface area contributed by atoms with Gasteiger partial charge in [0.05, 0.1) is 12.7 Å². The molecule has 1 amide bonds. The van der Waals surface area contributed by atoms with Crippen LogP contribution in [0, 0.1) is 6.92 Å². The van der Waals surface area contributed by atoms with Gasteiger partial charge in [0, 0.05) is 28.7 Å². The lowest BCUT2D eigenvalue weighted by atomic mass is 10.0. The molecule has 0 aliphatic carbocycles. The van der Waals surface area contributed by atoms with Crippen molar-refractivity contribution < 1.29 is 23.5 Å². The first-order valence-electron chi connectivity index (χ1n) is 8.60. The van der Waals surface area contributed by atoms with E-state index in [1.54, 1.807) is 13.0 Å². The third-order valence-electron chi connectivity index (χ3n) is 4.18. The van der Waals surface area contributed by atoms with Crippen LogP contribution in [0.3, 0.4) is 0 Å². The Balaban J connectivity index is 1.55. The third kappa shape index (κ3) is 4.08. The zero-order valence-electron chi connectivity index (χ0n) is 15.1. The minimum absolute atomic E-state index is 0.0447. The first kappa shape index (κ1) is 18.4. The van der Waals surface area contributed by atoms with Gasteiger partial charge in [-0.25, -0.2) is 0 Å². The van der Waals surface area contributed by atoms with E-state index in [9.17, 15) is 14.4 Å². The molecule has 7 heteroatoms. The van der Waals surface area contributed by atoms with Gasteiger partial charge in [0.2, 0.25) is 5.78 Å². The van der Waals surface area contributed by atoms with Gasteiger partial charge in [0.1, 0.15) is 0 Å². The van der Waals surface area contributed by atoms with E-state index in [2.05, 4.69) is 10.3 Å². The van der Waals surface area contributed by atoms with Crippen molar-refractivity contribution in [2.24, 2.45) is 0 Å². The number of ether oxygens (including phenoxy) is 1.